The number of hydrogen-bond donors (Lipinski definition) is 1. The Kier molecular flexibility index (Phi) is 5.77. The van der Waals surface area contributed by atoms with Gasteiger partial charge in [0.05, 0.1) is 11.5 Å². The SMILES string of the molecule is Cc1ccc[nH+]c1.O=C([O-])c1c(F)c(F)c(C(=O)O)c(F)c1F. The minimum atomic E-state index is -2.50. The van der Waals surface area contributed by atoms with Gasteiger partial charge >= 0.3 is 5.97 Å². The molecule has 0 bridgehead atoms. The first kappa shape index (κ1) is 18.1. The molecule has 9 heteroatoms. The maximum absolute atomic E-state index is 12.9. The standard InChI is InChI=1S/C8H2F4O4.C6H7N/c9-3-1(7(13)14)4(10)6(12)2(5(3)11)8(15)16;1-6-3-2-4-7-5-6/h(H,13,14)(H,15,16);2-5H,1H3. The smallest absolute Gasteiger partial charge is 0.341 e. The van der Waals surface area contributed by atoms with Crippen LogP contribution in [0, 0.1) is 30.2 Å². The van der Waals surface area contributed by atoms with Crippen LogP contribution in [0.15, 0.2) is 24.5 Å². The molecule has 0 aliphatic rings. The van der Waals surface area contributed by atoms with Crippen molar-refractivity contribution in [3.63, 3.8) is 0 Å². The summed E-state index contributed by atoms with van der Waals surface area (Å²) in [7, 11) is 0. The zero-order valence-electron chi connectivity index (χ0n) is 11.5. The molecule has 5 nitrogen and oxygen atoms in total. The van der Waals surface area contributed by atoms with Gasteiger partial charge < -0.3 is 15.0 Å². The van der Waals surface area contributed by atoms with E-state index in [0.717, 1.165) is 0 Å². The Morgan fingerprint density at radius 3 is 1.78 bits per heavy atom. The summed E-state index contributed by atoms with van der Waals surface area (Å²) in [5.74, 6) is -14.0. The molecule has 122 valence electrons. The number of carboxylic acids is 2. The van der Waals surface area contributed by atoms with Crippen molar-refractivity contribution in [2.75, 3.05) is 0 Å². The van der Waals surface area contributed by atoms with Crippen molar-refractivity contribution in [2.45, 2.75) is 6.92 Å². The summed E-state index contributed by atoms with van der Waals surface area (Å²) in [6.07, 6.45) is 3.85. The van der Waals surface area contributed by atoms with E-state index in [1.807, 2.05) is 18.5 Å². The van der Waals surface area contributed by atoms with E-state index in [1.54, 1.807) is 0 Å². The highest BCUT2D eigenvalue weighted by Crippen LogP contribution is 2.23. The maximum Gasteiger partial charge on any atom is 0.341 e. The van der Waals surface area contributed by atoms with E-state index in [-0.39, 0.29) is 0 Å². The van der Waals surface area contributed by atoms with Gasteiger partial charge in [0.1, 0.15) is 5.56 Å². The van der Waals surface area contributed by atoms with E-state index < -0.39 is 46.3 Å². The lowest BCUT2D eigenvalue weighted by molar-refractivity contribution is -0.378. The van der Waals surface area contributed by atoms with Crippen molar-refractivity contribution in [1.82, 2.24) is 0 Å². The molecule has 0 saturated heterocycles. The summed E-state index contributed by atoms with van der Waals surface area (Å²) in [5, 5.41) is 18.4. The lowest BCUT2D eigenvalue weighted by atomic mass is 10.1. The zero-order chi connectivity index (χ0) is 17.7. The predicted octanol–water partition coefficient (Wildman–Crippen LogP) is 1.11. The van der Waals surface area contributed by atoms with Crippen LogP contribution in [0.2, 0.25) is 0 Å². The topological polar surface area (TPSA) is 91.6 Å². The van der Waals surface area contributed by atoms with Gasteiger partial charge in [0.15, 0.2) is 35.7 Å². The number of carboxylic acid groups (broad SMARTS) is 2. The van der Waals surface area contributed by atoms with Gasteiger partial charge in [-0.25, -0.2) is 27.3 Å². The van der Waals surface area contributed by atoms with Gasteiger partial charge in [0.2, 0.25) is 0 Å². The van der Waals surface area contributed by atoms with Crippen LogP contribution in [0.4, 0.5) is 17.6 Å². The Hall–Kier alpha value is -2.97. The van der Waals surface area contributed by atoms with Gasteiger partial charge in [-0.2, -0.15) is 0 Å². The van der Waals surface area contributed by atoms with Crippen molar-refractivity contribution in [1.29, 1.82) is 0 Å². The van der Waals surface area contributed by atoms with Crippen LogP contribution in [0.25, 0.3) is 0 Å². The molecule has 0 spiro atoms. The molecule has 0 saturated carbocycles. The first-order valence-corrected chi connectivity index (χ1v) is 5.91. The van der Waals surface area contributed by atoms with Crippen LogP contribution >= 0.6 is 0 Å². The van der Waals surface area contributed by atoms with Crippen molar-refractivity contribution in [3.05, 3.63) is 64.5 Å². The largest absolute Gasteiger partial charge is 0.545 e. The van der Waals surface area contributed by atoms with Crippen LogP contribution in [0.1, 0.15) is 26.3 Å². The monoisotopic (exact) mass is 331 g/mol. The number of aryl methyl sites for hydroxylation is 1. The van der Waals surface area contributed by atoms with E-state index in [9.17, 15) is 32.3 Å². The molecule has 0 radical (unpaired) electrons. The highest BCUT2D eigenvalue weighted by atomic mass is 19.2. The van der Waals surface area contributed by atoms with Crippen molar-refractivity contribution >= 4 is 11.9 Å². The molecule has 1 aromatic heterocycles. The number of carbonyl (C=O) groups excluding carboxylic acids is 1. The Labute approximate surface area is 126 Å². The molecule has 0 amide bonds. The number of halogens is 4. The summed E-state index contributed by atoms with van der Waals surface area (Å²) in [6, 6.07) is 4.03. The average molecular weight is 331 g/mol. The molecule has 23 heavy (non-hydrogen) atoms. The van der Waals surface area contributed by atoms with Crippen LogP contribution < -0.4 is 10.1 Å². The summed E-state index contributed by atoms with van der Waals surface area (Å²) in [4.78, 5) is 23.4. The van der Waals surface area contributed by atoms with Gasteiger partial charge in [-0.05, 0) is 13.0 Å². The fraction of sp³-hybridized carbons (Fsp3) is 0.0714. The first-order valence-electron chi connectivity index (χ1n) is 5.91. The highest BCUT2D eigenvalue weighted by Gasteiger charge is 2.29. The number of aromatic amines is 1. The molecule has 1 heterocycles. The molecule has 0 aliphatic heterocycles. The molecule has 0 aliphatic carbocycles. The third-order valence-corrected chi connectivity index (χ3v) is 2.54. The van der Waals surface area contributed by atoms with Crippen molar-refractivity contribution < 1.29 is 42.3 Å². The number of rotatable bonds is 2. The van der Waals surface area contributed by atoms with E-state index in [4.69, 9.17) is 5.11 Å². The first-order chi connectivity index (χ1) is 10.7. The molecule has 1 aromatic carbocycles. The molecule has 2 aromatic rings. The van der Waals surface area contributed by atoms with E-state index in [1.165, 1.54) is 5.56 Å². The number of aromatic nitrogens is 1. The second kappa shape index (κ2) is 7.34. The summed E-state index contributed by atoms with van der Waals surface area (Å²) in [5.41, 5.74) is -2.62. The second-order valence-corrected chi connectivity index (χ2v) is 4.18. The minimum Gasteiger partial charge on any atom is -0.545 e. The number of pyridine rings is 1. The molecular formula is C14H9F4NO4. The second-order valence-electron chi connectivity index (χ2n) is 4.18. The van der Waals surface area contributed by atoms with E-state index >= 15 is 0 Å². The predicted molar refractivity (Wildman–Crippen MR) is 65.3 cm³/mol. The lowest BCUT2D eigenvalue weighted by Gasteiger charge is -2.09. The number of nitrogens with one attached hydrogen (secondary N) is 1. The third-order valence-electron chi connectivity index (χ3n) is 2.54. The van der Waals surface area contributed by atoms with Crippen LogP contribution in [-0.2, 0) is 0 Å². The Balaban J connectivity index is 0.000000313. The number of carbonyl (C=O) groups is 2. The molecule has 0 atom stereocenters. The van der Waals surface area contributed by atoms with Crippen LogP contribution in [0.5, 0.6) is 0 Å². The van der Waals surface area contributed by atoms with Gasteiger partial charge in [-0.3, -0.25) is 0 Å². The minimum absolute atomic E-state index is 1.27. The molecule has 0 fully saturated rings. The normalized spacial score (nSPS) is 9.78. The molecule has 2 rings (SSSR count). The Morgan fingerprint density at radius 1 is 1.04 bits per heavy atom. The van der Waals surface area contributed by atoms with E-state index in [2.05, 4.69) is 18.0 Å². The van der Waals surface area contributed by atoms with Gasteiger partial charge in [-0.15, -0.1) is 0 Å². The lowest BCUT2D eigenvalue weighted by Crippen LogP contribution is -2.27. The Bertz CT molecular complexity index is 676. The Morgan fingerprint density at radius 2 is 1.52 bits per heavy atom. The van der Waals surface area contributed by atoms with Crippen LogP contribution in [-0.4, -0.2) is 17.0 Å². The molecule has 0 unspecified atom stereocenters. The fourth-order valence-corrected chi connectivity index (χ4v) is 1.48. The van der Waals surface area contributed by atoms with Gasteiger partial charge in [0.25, 0.3) is 0 Å². The van der Waals surface area contributed by atoms with Crippen molar-refractivity contribution in [3.8, 4) is 0 Å². The molecule has 2 N–H and O–H groups in total. The van der Waals surface area contributed by atoms with Crippen molar-refractivity contribution in [2.24, 2.45) is 0 Å². The number of aromatic carboxylic acids is 2. The number of H-pyrrole nitrogens is 1. The number of benzene rings is 1. The average Bonchev–Trinajstić information content (AvgIpc) is 2.46. The molecular weight excluding hydrogens is 322 g/mol. The third kappa shape index (κ3) is 4.02. The fourth-order valence-electron chi connectivity index (χ4n) is 1.48. The maximum atomic E-state index is 12.9. The van der Waals surface area contributed by atoms with Crippen LogP contribution in [0.3, 0.4) is 0 Å². The summed E-state index contributed by atoms with van der Waals surface area (Å²) < 4.78 is 51.4. The summed E-state index contributed by atoms with van der Waals surface area (Å²) in [6.45, 7) is 2.05. The number of hydrogen-bond acceptors (Lipinski definition) is 3. The van der Waals surface area contributed by atoms with E-state index in [0.29, 0.717) is 0 Å². The summed E-state index contributed by atoms with van der Waals surface area (Å²) >= 11 is 0. The van der Waals surface area contributed by atoms with Gasteiger partial charge in [-0.1, -0.05) is 0 Å². The van der Waals surface area contributed by atoms with Gasteiger partial charge in [0, 0.05) is 11.6 Å². The highest BCUT2D eigenvalue weighted by molar-refractivity contribution is 5.92. The quantitative estimate of drug-likeness (QED) is 0.659. The zero-order valence-corrected chi connectivity index (χ0v) is 11.5.